The smallest absolute Gasteiger partial charge is 0.191 e. The van der Waals surface area contributed by atoms with E-state index in [-0.39, 0.29) is 5.82 Å². The normalized spacial score (nSPS) is 12.1. The van der Waals surface area contributed by atoms with Crippen LogP contribution in [0.1, 0.15) is 43.0 Å². The predicted octanol–water partition coefficient (Wildman–Crippen LogP) is 4.18. The summed E-state index contributed by atoms with van der Waals surface area (Å²) in [5, 5.41) is 10.7. The lowest BCUT2D eigenvalue weighted by molar-refractivity contribution is 0.629. The lowest BCUT2D eigenvalue weighted by atomic mass is 10.1. The van der Waals surface area contributed by atoms with E-state index in [0.29, 0.717) is 19.0 Å². The molecule has 0 spiro atoms. The fourth-order valence-corrected chi connectivity index (χ4v) is 3.70. The molecule has 27 heavy (non-hydrogen) atoms. The minimum Gasteiger partial charge on any atom is -0.361 e. The summed E-state index contributed by atoms with van der Waals surface area (Å²) < 4.78 is 13.5. The summed E-state index contributed by atoms with van der Waals surface area (Å²) in [7, 11) is 0. The van der Waals surface area contributed by atoms with Gasteiger partial charge in [0.05, 0.1) is 12.2 Å². The number of aliphatic imine (C=N–C) groups is 1. The Morgan fingerprint density at radius 1 is 1.33 bits per heavy atom. The third kappa shape index (κ3) is 5.07. The third-order valence-corrected chi connectivity index (χ3v) is 5.15. The molecule has 2 heterocycles. The van der Waals surface area contributed by atoms with Gasteiger partial charge in [-0.05, 0) is 43.0 Å². The summed E-state index contributed by atoms with van der Waals surface area (Å²) in [4.78, 5) is 12.4. The van der Waals surface area contributed by atoms with Crippen LogP contribution >= 0.6 is 11.3 Å². The van der Waals surface area contributed by atoms with Gasteiger partial charge in [0.15, 0.2) is 5.96 Å². The van der Waals surface area contributed by atoms with Gasteiger partial charge in [-0.25, -0.2) is 14.4 Å². The number of benzene rings is 1. The fraction of sp³-hybridized carbons (Fsp3) is 0.400. The van der Waals surface area contributed by atoms with Gasteiger partial charge in [-0.1, -0.05) is 13.8 Å². The van der Waals surface area contributed by atoms with Gasteiger partial charge in [0.2, 0.25) is 0 Å². The minimum absolute atomic E-state index is 0.213. The number of hydrogen-bond acceptors (Lipinski definition) is 3. The molecule has 2 aromatic heterocycles. The Hall–Kier alpha value is -2.41. The van der Waals surface area contributed by atoms with Gasteiger partial charge in [0, 0.05) is 35.6 Å². The van der Waals surface area contributed by atoms with E-state index in [1.807, 2.05) is 13.1 Å². The molecule has 0 radical (unpaired) electrons. The van der Waals surface area contributed by atoms with Crippen molar-refractivity contribution < 1.29 is 4.39 Å². The summed E-state index contributed by atoms with van der Waals surface area (Å²) in [5.41, 5.74) is 3.17. The SMILES string of the molecule is CCNC(=NCc1nc(C(C)C)cs1)NCCc1c[nH]c2ccc(F)cc12. The van der Waals surface area contributed by atoms with Crippen LogP contribution in [-0.2, 0) is 13.0 Å². The highest BCUT2D eigenvalue weighted by atomic mass is 32.1. The van der Waals surface area contributed by atoms with Crippen molar-refractivity contribution in [2.75, 3.05) is 13.1 Å². The number of thiazole rings is 1. The van der Waals surface area contributed by atoms with Crippen LogP contribution in [0.3, 0.4) is 0 Å². The van der Waals surface area contributed by atoms with Crippen LogP contribution in [0.15, 0.2) is 34.8 Å². The van der Waals surface area contributed by atoms with Crippen molar-refractivity contribution >= 4 is 28.2 Å². The number of halogens is 1. The van der Waals surface area contributed by atoms with E-state index in [1.165, 1.54) is 6.07 Å². The molecule has 0 bridgehead atoms. The second-order valence-corrected chi connectivity index (χ2v) is 7.64. The first-order valence-electron chi connectivity index (χ1n) is 9.28. The molecule has 0 atom stereocenters. The molecule has 0 saturated carbocycles. The van der Waals surface area contributed by atoms with E-state index in [4.69, 9.17) is 0 Å². The number of hydrogen-bond donors (Lipinski definition) is 3. The standard InChI is InChI=1S/C20H26FN5S/c1-4-22-20(25-11-19-26-18(12-27-19)13(2)3)23-8-7-14-10-24-17-6-5-15(21)9-16(14)17/h5-6,9-10,12-13,24H,4,7-8,11H2,1-3H3,(H2,22,23,25). The summed E-state index contributed by atoms with van der Waals surface area (Å²) >= 11 is 1.65. The molecular weight excluding hydrogens is 361 g/mol. The van der Waals surface area contributed by atoms with Crippen molar-refractivity contribution in [2.24, 2.45) is 4.99 Å². The molecule has 1 aromatic carbocycles. The van der Waals surface area contributed by atoms with Crippen molar-refractivity contribution in [2.45, 2.75) is 39.7 Å². The first-order chi connectivity index (χ1) is 13.1. The quantitative estimate of drug-likeness (QED) is 0.421. The molecule has 7 heteroatoms. The summed E-state index contributed by atoms with van der Waals surface area (Å²) in [6.45, 7) is 8.39. The summed E-state index contributed by atoms with van der Waals surface area (Å²) in [6.07, 6.45) is 2.72. The van der Waals surface area contributed by atoms with Crippen LogP contribution in [0.25, 0.3) is 10.9 Å². The number of rotatable bonds is 7. The topological polar surface area (TPSA) is 65.1 Å². The zero-order chi connectivity index (χ0) is 19.2. The molecular formula is C20H26FN5S. The molecule has 5 nitrogen and oxygen atoms in total. The lowest BCUT2D eigenvalue weighted by Gasteiger charge is -2.10. The van der Waals surface area contributed by atoms with Crippen LogP contribution in [0, 0.1) is 5.82 Å². The molecule has 0 saturated heterocycles. The Morgan fingerprint density at radius 2 is 2.19 bits per heavy atom. The van der Waals surface area contributed by atoms with Crippen molar-refractivity contribution in [3.63, 3.8) is 0 Å². The molecule has 0 amide bonds. The predicted molar refractivity (Wildman–Crippen MR) is 111 cm³/mol. The number of nitrogens with one attached hydrogen (secondary N) is 3. The first kappa shape index (κ1) is 19.4. The maximum Gasteiger partial charge on any atom is 0.191 e. The van der Waals surface area contributed by atoms with Crippen LogP contribution in [-0.4, -0.2) is 29.0 Å². The molecule has 144 valence electrons. The summed E-state index contributed by atoms with van der Waals surface area (Å²) in [6, 6.07) is 4.82. The van der Waals surface area contributed by atoms with Gasteiger partial charge < -0.3 is 15.6 Å². The zero-order valence-corrected chi connectivity index (χ0v) is 16.8. The second kappa shape index (κ2) is 8.99. The van der Waals surface area contributed by atoms with Crippen molar-refractivity contribution in [1.29, 1.82) is 0 Å². The molecule has 0 unspecified atom stereocenters. The number of guanidine groups is 1. The Balaban J connectivity index is 1.59. The number of H-pyrrole nitrogens is 1. The van der Waals surface area contributed by atoms with Gasteiger partial charge >= 0.3 is 0 Å². The molecule has 0 fully saturated rings. The molecule has 3 rings (SSSR count). The number of fused-ring (bicyclic) bond motifs is 1. The van der Waals surface area contributed by atoms with Gasteiger partial charge in [-0.2, -0.15) is 0 Å². The van der Waals surface area contributed by atoms with Gasteiger partial charge in [-0.15, -0.1) is 11.3 Å². The molecule has 0 aliphatic carbocycles. The average Bonchev–Trinajstić information content (AvgIpc) is 3.27. The molecule has 0 aliphatic heterocycles. The van der Waals surface area contributed by atoms with Gasteiger partial charge in [-0.3, -0.25) is 0 Å². The fourth-order valence-electron chi connectivity index (χ4n) is 2.82. The largest absolute Gasteiger partial charge is 0.361 e. The number of nitrogens with zero attached hydrogens (tertiary/aromatic N) is 2. The van der Waals surface area contributed by atoms with E-state index in [1.54, 1.807) is 23.5 Å². The summed E-state index contributed by atoms with van der Waals surface area (Å²) in [5.74, 6) is 0.992. The van der Waals surface area contributed by atoms with Crippen molar-refractivity contribution in [3.8, 4) is 0 Å². The Bertz CT molecular complexity index is 912. The molecule has 3 aromatic rings. The number of aromatic amines is 1. The lowest BCUT2D eigenvalue weighted by Crippen LogP contribution is -2.38. The van der Waals surface area contributed by atoms with E-state index in [0.717, 1.165) is 46.1 Å². The maximum absolute atomic E-state index is 13.5. The highest BCUT2D eigenvalue weighted by Crippen LogP contribution is 2.20. The average molecular weight is 388 g/mol. The van der Waals surface area contributed by atoms with Crippen LogP contribution < -0.4 is 10.6 Å². The molecule has 0 aliphatic rings. The maximum atomic E-state index is 13.5. The van der Waals surface area contributed by atoms with Gasteiger partial charge in [0.1, 0.15) is 10.8 Å². The van der Waals surface area contributed by atoms with Gasteiger partial charge in [0.25, 0.3) is 0 Å². The molecule has 3 N–H and O–H groups in total. The zero-order valence-electron chi connectivity index (χ0n) is 16.0. The monoisotopic (exact) mass is 387 g/mol. The Kier molecular flexibility index (Phi) is 6.45. The highest BCUT2D eigenvalue weighted by Gasteiger charge is 2.07. The number of aromatic nitrogens is 2. The second-order valence-electron chi connectivity index (χ2n) is 6.70. The van der Waals surface area contributed by atoms with E-state index >= 15 is 0 Å². The highest BCUT2D eigenvalue weighted by molar-refractivity contribution is 7.09. The Morgan fingerprint density at radius 3 is 2.93 bits per heavy atom. The van der Waals surface area contributed by atoms with E-state index in [2.05, 4.69) is 44.8 Å². The Labute approximate surface area is 163 Å². The van der Waals surface area contributed by atoms with Crippen LogP contribution in [0.4, 0.5) is 4.39 Å². The van der Waals surface area contributed by atoms with Crippen LogP contribution in [0.5, 0.6) is 0 Å². The van der Waals surface area contributed by atoms with Crippen molar-refractivity contribution in [1.82, 2.24) is 20.6 Å². The van der Waals surface area contributed by atoms with Crippen LogP contribution in [0.2, 0.25) is 0 Å². The van der Waals surface area contributed by atoms with E-state index in [9.17, 15) is 4.39 Å². The third-order valence-electron chi connectivity index (χ3n) is 4.29. The van der Waals surface area contributed by atoms with E-state index < -0.39 is 0 Å². The minimum atomic E-state index is -0.213. The first-order valence-corrected chi connectivity index (χ1v) is 10.2. The van der Waals surface area contributed by atoms with Crippen molar-refractivity contribution in [3.05, 3.63) is 51.9 Å².